The highest BCUT2D eigenvalue weighted by Gasteiger charge is 2.44. The lowest BCUT2D eigenvalue weighted by Crippen LogP contribution is -2.01. The summed E-state index contributed by atoms with van der Waals surface area (Å²) in [5.41, 5.74) is 1.84. The van der Waals surface area contributed by atoms with Crippen LogP contribution in [-0.2, 0) is 5.41 Å². The van der Waals surface area contributed by atoms with E-state index in [0.29, 0.717) is 0 Å². The van der Waals surface area contributed by atoms with Crippen LogP contribution >= 0.6 is 0 Å². The molecule has 0 saturated heterocycles. The monoisotopic (exact) mass is 183 g/mol. The van der Waals surface area contributed by atoms with Crippen molar-refractivity contribution >= 4 is 11.0 Å². The number of furan rings is 1. The zero-order chi connectivity index (χ0) is 9.60. The second kappa shape index (κ2) is 2.39. The SMILES string of the molecule is N#CC1(c2ccc3occc3c2)CC1. The standard InChI is InChI=1S/C12H9NO/c13-8-12(4-5-12)10-1-2-11-9(7-10)3-6-14-11/h1-3,6-7H,4-5H2. The molecular formula is C12H9NO. The normalized spacial score (nSPS) is 17.9. The van der Waals surface area contributed by atoms with Crippen molar-refractivity contribution in [3.63, 3.8) is 0 Å². The molecule has 2 aromatic rings. The summed E-state index contributed by atoms with van der Waals surface area (Å²) in [6, 6.07) is 10.3. The van der Waals surface area contributed by atoms with Crippen molar-refractivity contribution in [1.29, 1.82) is 5.26 Å². The van der Waals surface area contributed by atoms with Gasteiger partial charge in [0.15, 0.2) is 0 Å². The van der Waals surface area contributed by atoms with E-state index in [1.54, 1.807) is 6.26 Å². The molecule has 0 radical (unpaired) electrons. The van der Waals surface area contributed by atoms with Gasteiger partial charge in [0.1, 0.15) is 5.58 Å². The molecule has 0 N–H and O–H groups in total. The summed E-state index contributed by atoms with van der Waals surface area (Å²) in [6.45, 7) is 0. The third-order valence-electron chi connectivity index (χ3n) is 2.97. The zero-order valence-electron chi connectivity index (χ0n) is 7.66. The van der Waals surface area contributed by atoms with Gasteiger partial charge in [-0.15, -0.1) is 0 Å². The van der Waals surface area contributed by atoms with Gasteiger partial charge in [-0.05, 0) is 36.6 Å². The van der Waals surface area contributed by atoms with Crippen LogP contribution in [0.1, 0.15) is 18.4 Å². The molecule has 0 amide bonds. The van der Waals surface area contributed by atoms with Gasteiger partial charge in [0, 0.05) is 5.39 Å². The first-order chi connectivity index (χ1) is 6.84. The minimum absolute atomic E-state index is 0.189. The summed E-state index contributed by atoms with van der Waals surface area (Å²) in [7, 11) is 0. The van der Waals surface area contributed by atoms with Crippen LogP contribution in [-0.4, -0.2) is 0 Å². The Bertz CT molecular complexity index is 528. The maximum Gasteiger partial charge on any atom is 0.133 e. The van der Waals surface area contributed by atoms with Crippen LogP contribution in [0.3, 0.4) is 0 Å². The predicted molar refractivity (Wildman–Crippen MR) is 52.7 cm³/mol. The highest BCUT2D eigenvalue weighted by atomic mass is 16.3. The van der Waals surface area contributed by atoms with E-state index < -0.39 is 0 Å². The van der Waals surface area contributed by atoms with Crippen LogP contribution in [0.5, 0.6) is 0 Å². The maximum atomic E-state index is 9.06. The zero-order valence-corrected chi connectivity index (χ0v) is 7.66. The number of nitriles is 1. The van der Waals surface area contributed by atoms with Gasteiger partial charge in [-0.2, -0.15) is 5.26 Å². The number of hydrogen-bond donors (Lipinski definition) is 0. The highest BCUT2D eigenvalue weighted by Crippen LogP contribution is 2.48. The number of benzene rings is 1. The molecule has 14 heavy (non-hydrogen) atoms. The van der Waals surface area contributed by atoms with Crippen molar-refractivity contribution in [3.05, 3.63) is 36.1 Å². The predicted octanol–water partition coefficient (Wildman–Crippen LogP) is 2.99. The molecule has 0 aliphatic heterocycles. The van der Waals surface area contributed by atoms with E-state index in [9.17, 15) is 0 Å². The maximum absolute atomic E-state index is 9.06. The smallest absolute Gasteiger partial charge is 0.133 e. The van der Waals surface area contributed by atoms with Gasteiger partial charge in [0.25, 0.3) is 0 Å². The summed E-state index contributed by atoms with van der Waals surface area (Å²) in [5, 5.41) is 10.1. The number of fused-ring (bicyclic) bond motifs is 1. The van der Waals surface area contributed by atoms with Crippen molar-refractivity contribution < 1.29 is 4.42 Å². The largest absolute Gasteiger partial charge is 0.464 e. The van der Waals surface area contributed by atoms with E-state index >= 15 is 0 Å². The summed E-state index contributed by atoms with van der Waals surface area (Å²) < 4.78 is 5.26. The van der Waals surface area contributed by atoms with E-state index in [1.807, 2.05) is 18.2 Å². The lowest BCUT2D eigenvalue weighted by molar-refractivity contribution is 0.615. The molecule has 1 aromatic carbocycles. The third kappa shape index (κ3) is 0.898. The van der Waals surface area contributed by atoms with E-state index in [2.05, 4.69) is 12.1 Å². The number of rotatable bonds is 1. The number of nitrogens with zero attached hydrogens (tertiary/aromatic N) is 1. The Hall–Kier alpha value is -1.75. The molecule has 0 atom stereocenters. The van der Waals surface area contributed by atoms with Gasteiger partial charge < -0.3 is 4.42 Å². The Balaban J connectivity index is 2.19. The van der Waals surface area contributed by atoms with Crippen LogP contribution in [0.25, 0.3) is 11.0 Å². The Kier molecular flexibility index (Phi) is 1.30. The molecule has 1 aliphatic rings. The van der Waals surface area contributed by atoms with Crippen LogP contribution < -0.4 is 0 Å². The molecule has 1 aliphatic carbocycles. The molecule has 0 spiro atoms. The van der Waals surface area contributed by atoms with Crippen LogP contribution in [0.2, 0.25) is 0 Å². The molecule has 2 nitrogen and oxygen atoms in total. The second-order valence-corrected chi connectivity index (χ2v) is 3.87. The topological polar surface area (TPSA) is 36.9 Å². The average molecular weight is 183 g/mol. The molecule has 1 fully saturated rings. The van der Waals surface area contributed by atoms with Gasteiger partial charge in [-0.3, -0.25) is 0 Å². The Morgan fingerprint density at radius 3 is 2.86 bits per heavy atom. The first-order valence-electron chi connectivity index (χ1n) is 4.73. The molecule has 2 heteroatoms. The molecule has 1 heterocycles. The fourth-order valence-corrected chi connectivity index (χ4v) is 1.85. The molecule has 3 rings (SSSR count). The van der Waals surface area contributed by atoms with E-state index in [4.69, 9.17) is 9.68 Å². The lowest BCUT2D eigenvalue weighted by Gasteiger charge is -2.04. The first kappa shape index (κ1) is 7.64. The fourth-order valence-electron chi connectivity index (χ4n) is 1.85. The van der Waals surface area contributed by atoms with Crippen molar-refractivity contribution in [2.45, 2.75) is 18.3 Å². The molecule has 0 bridgehead atoms. The van der Waals surface area contributed by atoms with E-state index in [-0.39, 0.29) is 5.41 Å². The fraction of sp³-hybridized carbons (Fsp3) is 0.250. The first-order valence-corrected chi connectivity index (χ1v) is 4.73. The van der Waals surface area contributed by atoms with Crippen LogP contribution in [0.4, 0.5) is 0 Å². The van der Waals surface area contributed by atoms with Crippen molar-refractivity contribution in [1.82, 2.24) is 0 Å². The van der Waals surface area contributed by atoms with Gasteiger partial charge >= 0.3 is 0 Å². The minimum Gasteiger partial charge on any atom is -0.464 e. The minimum atomic E-state index is -0.189. The van der Waals surface area contributed by atoms with Gasteiger partial charge in [0.2, 0.25) is 0 Å². The summed E-state index contributed by atoms with van der Waals surface area (Å²) in [6.07, 6.45) is 3.67. The molecule has 68 valence electrons. The molecule has 1 aromatic heterocycles. The number of hydrogen-bond acceptors (Lipinski definition) is 2. The van der Waals surface area contributed by atoms with Gasteiger partial charge in [0.05, 0.1) is 17.7 Å². The molecular weight excluding hydrogens is 174 g/mol. The highest BCUT2D eigenvalue weighted by molar-refractivity contribution is 5.78. The van der Waals surface area contributed by atoms with Crippen LogP contribution in [0, 0.1) is 11.3 Å². The quantitative estimate of drug-likeness (QED) is 0.681. The van der Waals surface area contributed by atoms with E-state index in [0.717, 1.165) is 29.4 Å². The van der Waals surface area contributed by atoms with Crippen molar-refractivity contribution in [2.24, 2.45) is 0 Å². The van der Waals surface area contributed by atoms with Crippen LogP contribution in [0.15, 0.2) is 34.9 Å². The van der Waals surface area contributed by atoms with Crippen molar-refractivity contribution in [3.8, 4) is 6.07 Å². The Morgan fingerprint density at radius 2 is 2.14 bits per heavy atom. The van der Waals surface area contributed by atoms with Gasteiger partial charge in [-0.25, -0.2) is 0 Å². The van der Waals surface area contributed by atoms with Crippen molar-refractivity contribution in [2.75, 3.05) is 0 Å². The molecule has 0 unspecified atom stereocenters. The summed E-state index contributed by atoms with van der Waals surface area (Å²) >= 11 is 0. The lowest BCUT2D eigenvalue weighted by atomic mass is 9.97. The summed E-state index contributed by atoms with van der Waals surface area (Å²) in [5.74, 6) is 0. The van der Waals surface area contributed by atoms with E-state index in [1.165, 1.54) is 0 Å². The van der Waals surface area contributed by atoms with Gasteiger partial charge in [-0.1, -0.05) is 6.07 Å². The average Bonchev–Trinajstić information content (AvgIpc) is 2.89. The summed E-state index contributed by atoms with van der Waals surface area (Å²) in [4.78, 5) is 0. The molecule has 1 saturated carbocycles. The second-order valence-electron chi connectivity index (χ2n) is 3.87. The Labute approximate surface area is 81.8 Å². The third-order valence-corrected chi connectivity index (χ3v) is 2.97. The Morgan fingerprint density at radius 1 is 1.29 bits per heavy atom.